The molecule has 16 heavy (non-hydrogen) atoms. The van der Waals surface area contributed by atoms with Crippen molar-refractivity contribution in [3.63, 3.8) is 0 Å². The number of hydrogen-bond acceptors (Lipinski definition) is 2. The molecule has 1 aromatic heterocycles. The van der Waals surface area contributed by atoms with Gasteiger partial charge in [-0.2, -0.15) is 22.0 Å². The van der Waals surface area contributed by atoms with Gasteiger partial charge in [-0.1, -0.05) is 0 Å². The number of carbonyl (C=O) groups is 1. The number of aryl methyl sites for hydroxylation is 1. The summed E-state index contributed by atoms with van der Waals surface area (Å²) in [6.07, 6.45) is -4.01. The molecule has 0 saturated carbocycles. The van der Waals surface area contributed by atoms with Gasteiger partial charge >= 0.3 is 12.1 Å². The largest absolute Gasteiger partial charge is 0.461 e. The summed E-state index contributed by atoms with van der Waals surface area (Å²) in [6.45, 7) is 1.25. The van der Waals surface area contributed by atoms with Crippen molar-refractivity contribution in [3.8, 4) is 0 Å². The average molecular weight is 239 g/mol. The van der Waals surface area contributed by atoms with Crippen molar-refractivity contribution in [1.82, 2.24) is 4.98 Å². The van der Waals surface area contributed by atoms with E-state index in [4.69, 9.17) is 0 Å². The molecule has 0 unspecified atom stereocenters. The van der Waals surface area contributed by atoms with Crippen LogP contribution < -0.4 is 0 Å². The van der Waals surface area contributed by atoms with Crippen molar-refractivity contribution < 1.29 is 26.7 Å². The first-order valence-corrected chi connectivity index (χ1v) is 4.08. The van der Waals surface area contributed by atoms with Gasteiger partial charge in [-0.25, -0.2) is 0 Å². The molecule has 0 N–H and O–H groups in total. The predicted octanol–water partition coefficient (Wildman–Crippen LogP) is 2.77. The van der Waals surface area contributed by atoms with Crippen LogP contribution >= 0.6 is 0 Å². The van der Waals surface area contributed by atoms with E-state index in [1.54, 1.807) is 0 Å². The number of halogens is 5. The molecule has 0 spiro atoms. The van der Waals surface area contributed by atoms with Gasteiger partial charge in [0, 0.05) is 18.0 Å². The first kappa shape index (κ1) is 12.5. The van der Waals surface area contributed by atoms with Gasteiger partial charge in [0.15, 0.2) is 0 Å². The lowest BCUT2D eigenvalue weighted by molar-refractivity contribution is -0.255. The van der Waals surface area contributed by atoms with Crippen LogP contribution in [0, 0.1) is 6.92 Å². The first-order valence-electron chi connectivity index (χ1n) is 4.08. The lowest BCUT2D eigenvalue weighted by Crippen LogP contribution is -2.44. The molecule has 0 amide bonds. The van der Waals surface area contributed by atoms with Crippen molar-refractivity contribution >= 4 is 5.78 Å². The minimum Gasteiger partial charge on any atom is -0.287 e. The third-order valence-corrected chi connectivity index (χ3v) is 1.92. The van der Waals surface area contributed by atoms with Crippen LogP contribution in [-0.4, -0.2) is 22.9 Å². The van der Waals surface area contributed by atoms with E-state index in [1.807, 2.05) is 0 Å². The molecular formula is C9H6F5NO. The van der Waals surface area contributed by atoms with Gasteiger partial charge in [0.05, 0.1) is 0 Å². The highest BCUT2D eigenvalue weighted by molar-refractivity contribution is 6.02. The van der Waals surface area contributed by atoms with E-state index in [1.165, 1.54) is 19.2 Å². The zero-order chi connectivity index (χ0) is 12.6. The van der Waals surface area contributed by atoms with Gasteiger partial charge in [0.2, 0.25) is 5.78 Å². The van der Waals surface area contributed by atoms with Gasteiger partial charge in [-0.05, 0) is 18.6 Å². The Morgan fingerprint density at radius 3 is 2.25 bits per heavy atom. The second-order valence-corrected chi connectivity index (χ2v) is 3.09. The molecule has 1 heterocycles. The zero-order valence-corrected chi connectivity index (χ0v) is 7.98. The summed E-state index contributed by atoms with van der Waals surface area (Å²) in [6, 6.07) is 1.18. The van der Waals surface area contributed by atoms with Crippen LogP contribution in [0.15, 0.2) is 18.5 Å². The number of nitrogens with zero attached hydrogens (tertiary/aromatic N) is 1. The van der Waals surface area contributed by atoms with E-state index < -0.39 is 23.4 Å². The van der Waals surface area contributed by atoms with Crippen LogP contribution in [0.1, 0.15) is 15.9 Å². The molecule has 0 atom stereocenters. The third-order valence-electron chi connectivity index (χ3n) is 1.92. The Balaban J connectivity index is 3.18. The third kappa shape index (κ3) is 2.02. The number of alkyl halides is 5. The fraction of sp³-hybridized carbons (Fsp3) is 0.333. The summed E-state index contributed by atoms with van der Waals surface area (Å²) >= 11 is 0. The maximum absolute atomic E-state index is 12.7. The lowest BCUT2D eigenvalue weighted by Gasteiger charge is -2.18. The van der Waals surface area contributed by atoms with E-state index in [-0.39, 0.29) is 5.56 Å². The maximum Gasteiger partial charge on any atom is 0.461 e. The molecule has 0 saturated heterocycles. The quantitative estimate of drug-likeness (QED) is 0.586. The van der Waals surface area contributed by atoms with Crippen LogP contribution in [0.5, 0.6) is 0 Å². The Bertz CT molecular complexity index is 413. The predicted molar refractivity (Wildman–Crippen MR) is 44.3 cm³/mol. The van der Waals surface area contributed by atoms with Crippen molar-refractivity contribution in [1.29, 1.82) is 0 Å². The highest BCUT2D eigenvalue weighted by Gasteiger charge is 2.63. The van der Waals surface area contributed by atoms with Crippen LogP contribution in [0.2, 0.25) is 0 Å². The summed E-state index contributed by atoms with van der Waals surface area (Å²) in [4.78, 5) is 14.4. The minimum atomic E-state index is -5.90. The number of Topliss-reactive ketones (excluding diaryl/α,β-unsaturated/α-hetero) is 1. The second kappa shape index (κ2) is 3.80. The fourth-order valence-electron chi connectivity index (χ4n) is 1.000. The molecule has 2 nitrogen and oxygen atoms in total. The molecule has 0 aliphatic carbocycles. The van der Waals surface area contributed by atoms with E-state index in [2.05, 4.69) is 4.98 Å². The fourth-order valence-corrected chi connectivity index (χ4v) is 1.000. The second-order valence-electron chi connectivity index (χ2n) is 3.09. The van der Waals surface area contributed by atoms with Crippen molar-refractivity contribution in [3.05, 3.63) is 29.6 Å². The van der Waals surface area contributed by atoms with Gasteiger partial charge in [-0.3, -0.25) is 9.78 Å². The summed E-state index contributed by atoms with van der Waals surface area (Å²) < 4.78 is 61.1. The summed E-state index contributed by atoms with van der Waals surface area (Å²) in [5, 5.41) is 0. The molecule has 7 heteroatoms. The summed E-state index contributed by atoms with van der Waals surface area (Å²) in [7, 11) is 0. The monoisotopic (exact) mass is 239 g/mol. The number of hydrogen-bond donors (Lipinski definition) is 0. The first-order chi connectivity index (χ1) is 7.18. The normalized spacial score (nSPS) is 12.6. The van der Waals surface area contributed by atoms with Gasteiger partial charge < -0.3 is 0 Å². The SMILES string of the molecule is Cc1ccncc1C(=O)C(F)(F)C(F)(F)F. The lowest BCUT2D eigenvalue weighted by atomic mass is 10.0. The van der Waals surface area contributed by atoms with Gasteiger partial charge in [0.25, 0.3) is 0 Å². The number of rotatable bonds is 2. The van der Waals surface area contributed by atoms with Gasteiger partial charge in [0.1, 0.15) is 0 Å². The van der Waals surface area contributed by atoms with E-state index >= 15 is 0 Å². The van der Waals surface area contributed by atoms with E-state index in [0.29, 0.717) is 6.20 Å². The van der Waals surface area contributed by atoms with Crippen LogP contribution in [-0.2, 0) is 0 Å². The maximum atomic E-state index is 12.7. The summed E-state index contributed by atoms with van der Waals surface area (Å²) in [5.41, 5.74) is -0.714. The number of aromatic nitrogens is 1. The standard InChI is InChI=1S/C9H6F5NO/c1-5-2-3-15-4-6(5)7(16)8(10,11)9(12,13)14/h2-4H,1H3. The van der Waals surface area contributed by atoms with E-state index in [9.17, 15) is 26.7 Å². The van der Waals surface area contributed by atoms with Crippen LogP contribution in [0.4, 0.5) is 22.0 Å². The number of ketones is 1. The molecule has 0 aliphatic rings. The Hall–Kier alpha value is -1.53. The minimum absolute atomic E-state index is 0.0175. The molecule has 1 rings (SSSR count). The Morgan fingerprint density at radius 1 is 1.25 bits per heavy atom. The molecule has 1 aromatic rings. The Kier molecular flexibility index (Phi) is 2.98. The zero-order valence-electron chi connectivity index (χ0n) is 7.98. The molecule has 0 aromatic carbocycles. The van der Waals surface area contributed by atoms with Crippen molar-refractivity contribution in [2.75, 3.05) is 0 Å². The van der Waals surface area contributed by atoms with Gasteiger partial charge in [-0.15, -0.1) is 0 Å². The molecular weight excluding hydrogens is 233 g/mol. The van der Waals surface area contributed by atoms with E-state index in [0.717, 1.165) is 0 Å². The molecule has 0 radical (unpaired) electrons. The summed E-state index contributed by atoms with van der Waals surface area (Å²) in [5.74, 6) is -7.67. The molecule has 0 fully saturated rings. The average Bonchev–Trinajstić information content (AvgIpc) is 2.15. The highest BCUT2D eigenvalue weighted by atomic mass is 19.4. The van der Waals surface area contributed by atoms with Crippen LogP contribution in [0.25, 0.3) is 0 Å². The van der Waals surface area contributed by atoms with Crippen molar-refractivity contribution in [2.24, 2.45) is 0 Å². The smallest absolute Gasteiger partial charge is 0.287 e. The molecule has 0 bridgehead atoms. The van der Waals surface area contributed by atoms with Crippen LogP contribution in [0.3, 0.4) is 0 Å². The Morgan fingerprint density at radius 2 is 1.81 bits per heavy atom. The Labute approximate surface area is 87.1 Å². The molecule has 88 valence electrons. The number of carbonyl (C=O) groups excluding carboxylic acids is 1. The topological polar surface area (TPSA) is 30.0 Å². The number of pyridine rings is 1. The molecule has 0 aliphatic heterocycles. The van der Waals surface area contributed by atoms with Crippen molar-refractivity contribution in [2.45, 2.75) is 19.0 Å². The highest BCUT2D eigenvalue weighted by Crippen LogP contribution is 2.38.